The van der Waals surface area contributed by atoms with Crippen LogP contribution >= 0.6 is 0 Å². The minimum Gasteiger partial charge on any atom is -0.506 e. The molecule has 2 amide bonds. The number of carbonyl (C=O) groups excluding carboxylic acids is 1. The molecule has 6 nitrogen and oxygen atoms in total. The normalized spacial score (nSPS) is 19.4. The van der Waals surface area contributed by atoms with Crippen LogP contribution in [0.5, 0.6) is 5.75 Å². The predicted octanol–water partition coefficient (Wildman–Crippen LogP) is 0.573. The van der Waals surface area contributed by atoms with Gasteiger partial charge in [0.15, 0.2) is 0 Å². The van der Waals surface area contributed by atoms with Crippen LogP contribution in [0.25, 0.3) is 0 Å². The third-order valence-corrected chi connectivity index (χ3v) is 2.71. The zero-order valence-electron chi connectivity index (χ0n) is 9.26. The number of aliphatic hydroxyl groups is 1. The summed E-state index contributed by atoms with van der Waals surface area (Å²) >= 11 is 0. The fraction of sp³-hybridized carbons (Fsp3) is 0.364. The van der Waals surface area contributed by atoms with Crippen LogP contribution in [-0.4, -0.2) is 40.3 Å². The zero-order valence-corrected chi connectivity index (χ0v) is 9.26. The summed E-state index contributed by atoms with van der Waals surface area (Å²) in [5.41, 5.74) is 6.22. The number of nitrogens with zero attached hydrogens (tertiary/aromatic N) is 1. The van der Waals surface area contributed by atoms with E-state index in [1.54, 1.807) is 6.07 Å². The van der Waals surface area contributed by atoms with Crippen molar-refractivity contribution in [1.29, 1.82) is 0 Å². The molecular weight excluding hydrogens is 222 g/mol. The summed E-state index contributed by atoms with van der Waals surface area (Å²) in [6.07, 6.45) is 0.127. The summed E-state index contributed by atoms with van der Waals surface area (Å²) in [6.45, 7) is 0.838. The standard InChI is InChI=1S/C11H15N3O3/c12-7-1-2-9(10(16)5-7)13-11(17)14-4-3-8(15)6-14/h1-2,5,8,15-16H,3-4,6,12H2,(H,13,17). The number of carbonyl (C=O) groups is 1. The molecule has 0 aliphatic carbocycles. The van der Waals surface area contributed by atoms with Crippen molar-refractivity contribution in [3.05, 3.63) is 18.2 Å². The van der Waals surface area contributed by atoms with Crippen LogP contribution in [0, 0.1) is 0 Å². The van der Waals surface area contributed by atoms with E-state index in [1.165, 1.54) is 17.0 Å². The number of phenolic OH excluding ortho intramolecular Hbond substituents is 1. The van der Waals surface area contributed by atoms with Gasteiger partial charge in [-0.05, 0) is 18.6 Å². The van der Waals surface area contributed by atoms with Gasteiger partial charge in [-0.2, -0.15) is 0 Å². The summed E-state index contributed by atoms with van der Waals surface area (Å²) in [5.74, 6) is -0.0712. The lowest BCUT2D eigenvalue weighted by molar-refractivity contribution is 0.176. The third kappa shape index (κ3) is 2.59. The van der Waals surface area contributed by atoms with Crippen LogP contribution in [0.15, 0.2) is 18.2 Å². The highest BCUT2D eigenvalue weighted by Crippen LogP contribution is 2.25. The second kappa shape index (κ2) is 4.50. The summed E-state index contributed by atoms with van der Waals surface area (Å²) < 4.78 is 0. The molecule has 0 saturated carbocycles. The van der Waals surface area contributed by atoms with E-state index in [0.29, 0.717) is 30.9 Å². The smallest absolute Gasteiger partial charge is 0.322 e. The molecule has 0 spiro atoms. The second-order valence-corrected chi connectivity index (χ2v) is 4.10. The Bertz CT molecular complexity index is 436. The molecule has 1 unspecified atom stereocenters. The Labute approximate surface area is 98.6 Å². The fourth-order valence-corrected chi connectivity index (χ4v) is 1.77. The van der Waals surface area contributed by atoms with Gasteiger partial charge in [-0.3, -0.25) is 0 Å². The van der Waals surface area contributed by atoms with E-state index in [4.69, 9.17) is 5.73 Å². The maximum absolute atomic E-state index is 11.8. The Morgan fingerprint density at radius 2 is 2.29 bits per heavy atom. The largest absolute Gasteiger partial charge is 0.506 e. The Hall–Kier alpha value is -1.95. The predicted molar refractivity (Wildman–Crippen MR) is 63.7 cm³/mol. The van der Waals surface area contributed by atoms with E-state index in [0.717, 1.165) is 0 Å². The van der Waals surface area contributed by atoms with Crippen molar-refractivity contribution in [2.45, 2.75) is 12.5 Å². The lowest BCUT2D eigenvalue weighted by Gasteiger charge is -2.17. The van der Waals surface area contributed by atoms with E-state index >= 15 is 0 Å². The average Bonchev–Trinajstić information content (AvgIpc) is 2.69. The van der Waals surface area contributed by atoms with Crippen molar-refractivity contribution in [1.82, 2.24) is 4.90 Å². The topological polar surface area (TPSA) is 98.8 Å². The molecule has 5 N–H and O–H groups in total. The van der Waals surface area contributed by atoms with E-state index in [-0.39, 0.29) is 11.8 Å². The van der Waals surface area contributed by atoms with Crippen LogP contribution in [0.3, 0.4) is 0 Å². The average molecular weight is 237 g/mol. The van der Waals surface area contributed by atoms with Crippen molar-refractivity contribution in [2.75, 3.05) is 24.1 Å². The highest BCUT2D eigenvalue weighted by Gasteiger charge is 2.24. The first-order valence-electron chi connectivity index (χ1n) is 5.39. The van der Waals surface area contributed by atoms with Crippen LogP contribution in [0.1, 0.15) is 6.42 Å². The molecule has 92 valence electrons. The molecule has 0 radical (unpaired) electrons. The third-order valence-electron chi connectivity index (χ3n) is 2.71. The van der Waals surface area contributed by atoms with Gasteiger partial charge < -0.3 is 26.2 Å². The maximum atomic E-state index is 11.8. The minimum absolute atomic E-state index is 0.0712. The summed E-state index contributed by atoms with van der Waals surface area (Å²) in [7, 11) is 0. The SMILES string of the molecule is Nc1ccc(NC(=O)N2CCC(O)C2)c(O)c1. The molecule has 1 atom stereocenters. The number of nitrogens with one attached hydrogen (secondary N) is 1. The lowest BCUT2D eigenvalue weighted by atomic mass is 10.2. The van der Waals surface area contributed by atoms with E-state index < -0.39 is 6.10 Å². The fourth-order valence-electron chi connectivity index (χ4n) is 1.77. The first-order valence-corrected chi connectivity index (χ1v) is 5.39. The van der Waals surface area contributed by atoms with Crippen molar-refractivity contribution in [2.24, 2.45) is 0 Å². The number of amides is 2. The number of anilines is 2. The minimum atomic E-state index is -0.458. The van der Waals surface area contributed by atoms with Crippen LogP contribution in [0.2, 0.25) is 0 Å². The number of rotatable bonds is 1. The summed E-state index contributed by atoms with van der Waals surface area (Å²) in [4.78, 5) is 13.3. The van der Waals surface area contributed by atoms with Gasteiger partial charge in [0.2, 0.25) is 0 Å². The Morgan fingerprint density at radius 3 is 2.88 bits per heavy atom. The van der Waals surface area contributed by atoms with Gasteiger partial charge in [-0.25, -0.2) is 4.79 Å². The van der Waals surface area contributed by atoms with E-state index in [1.807, 2.05) is 0 Å². The number of urea groups is 1. The van der Waals surface area contributed by atoms with Crippen LogP contribution < -0.4 is 11.1 Å². The van der Waals surface area contributed by atoms with Gasteiger partial charge in [0.25, 0.3) is 0 Å². The van der Waals surface area contributed by atoms with Crippen molar-refractivity contribution in [3.8, 4) is 5.75 Å². The highest BCUT2D eigenvalue weighted by molar-refractivity contribution is 5.91. The first-order chi connectivity index (χ1) is 8.06. The van der Waals surface area contributed by atoms with E-state index in [2.05, 4.69) is 5.32 Å². The van der Waals surface area contributed by atoms with Crippen LogP contribution in [-0.2, 0) is 0 Å². The van der Waals surface area contributed by atoms with Gasteiger partial charge in [0.05, 0.1) is 11.8 Å². The van der Waals surface area contributed by atoms with Crippen molar-refractivity contribution in [3.63, 3.8) is 0 Å². The van der Waals surface area contributed by atoms with Crippen molar-refractivity contribution >= 4 is 17.4 Å². The van der Waals surface area contributed by atoms with Gasteiger partial charge >= 0.3 is 6.03 Å². The molecule has 0 bridgehead atoms. The molecule has 1 aliphatic rings. The summed E-state index contributed by atoms with van der Waals surface area (Å²) in [6, 6.07) is 4.17. The maximum Gasteiger partial charge on any atom is 0.322 e. The number of nitrogen functional groups attached to an aromatic ring is 1. The molecule has 1 heterocycles. The van der Waals surface area contributed by atoms with Gasteiger partial charge in [0, 0.05) is 24.8 Å². The molecule has 1 aliphatic heterocycles. The van der Waals surface area contributed by atoms with Gasteiger partial charge in [0.1, 0.15) is 5.75 Å². The monoisotopic (exact) mass is 237 g/mol. The molecule has 0 aromatic heterocycles. The Morgan fingerprint density at radius 1 is 1.53 bits per heavy atom. The molecule has 1 saturated heterocycles. The molecule has 17 heavy (non-hydrogen) atoms. The van der Waals surface area contributed by atoms with Gasteiger partial charge in [-0.1, -0.05) is 0 Å². The number of nitrogens with two attached hydrogens (primary N) is 1. The first kappa shape index (κ1) is 11.5. The van der Waals surface area contributed by atoms with Crippen molar-refractivity contribution < 1.29 is 15.0 Å². The zero-order chi connectivity index (χ0) is 12.4. The second-order valence-electron chi connectivity index (χ2n) is 4.10. The number of β-amino-alcohol motifs (C(OH)–C–C–N with tert-alkyl or cyclic N) is 1. The number of aromatic hydroxyl groups is 1. The number of benzene rings is 1. The molecule has 1 aromatic rings. The molecular formula is C11H15N3O3. The number of aliphatic hydroxyl groups excluding tert-OH is 1. The number of likely N-dealkylation sites (tertiary alicyclic amines) is 1. The Kier molecular flexibility index (Phi) is 3.06. The molecule has 1 fully saturated rings. The van der Waals surface area contributed by atoms with E-state index in [9.17, 15) is 15.0 Å². The Balaban J connectivity index is 2.03. The highest BCUT2D eigenvalue weighted by atomic mass is 16.3. The molecule has 1 aromatic carbocycles. The quantitative estimate of drug-likeness (QED) is 0.424. The number of hydrogen-bond acceptors (Lipinski definition) is 4. The lowest BCUT2D eigenvalue weighted by Crippen LogP contribution is -2.33. The van der Waals surface area contributed by atoms with Gasteiger partial charge in [-0.15, -0.1) is 0 Å². The van der Waals surface area contributed by atoms with Crippen LogP contribution in [0.4, 0.5) is 16.2 Å². The number of hydrogen-bond donors (Lipinski definition) is 4. The molecule has 6 heteroatoms. The number of phenols is 1. The summed E-state index contributed by atoms with van der Waals surface area (Å²) in [5, 5.41) is 21.5. The molecule has 2 rings (SSSR count).